The monoisotopic (exact) mass is 960 g/mol. The average Bonchev–Trinajstić information content (AvgIpc) is 4.21. The van der Waals surface area contributed by atoms with Crippen LogP contribution in [0.15, 0.2) is 78.1 Å². The lowest BCUT2D eigenvalue weighted by Crippen LogP contribution is -2.39. The minimum Gasteiger partial charge on any atom is -0.397 e. The van der Waals surface area contributed by atoms with Gasteiger partial charge < -0.3 is 30.6 Å². The van der Waals surface area contributed by atoms with Crippen molar-refractivity contribution in [2.75, 3.05) is 19.6 Å². The van der Waals surface area contributed by atoms with Gasteiger partial charge in [-0.05, 0) is 136 Å². The number of fused-ring (bicyclic) bond motifs is 5. The molecule has 2 aromatic heterocycles. The average molecular weight is 960 g/mol. The molecule has 9 rings (SSSR count). The third-order valence-electron chi connectivity index (χ3n) is 14.1. The Balaban J connectivity index is 0.000000314. The van der Waals surface area contributed by atoms with Gasteiger partial charge in [-0.2, -0.15) is 0 Å². The predicted molar refractivity (Wildman–Crippen MR) is 290 cm³/mol. The highest BCUT2D eigenvalue weighted by molar-refractivity contribution is 5.91. The van der Waals surface area contributed by atoms with E-state index in [2.05, 4.69) is 110 Å². The van der Waals surface area contributed by atoms with Crippen molar-refractivity contribution in [3.05, 3.63) is 107 Å². The SMILES string of the molecule is C=N/C=C(\N)c1ccc2c(c1)cc1n2C(c2cccc(CC3CCCCC3)c2)Cc2cc(-c3cnc(C4CCCN4)[nH]3)cc(F)c2-1.CC.CC(C)C(C)NO.CC(C)CC=O.CCNN1CCCC1C. The molecule has 0 spiro atoms. The van der Waals surface area contributed by atoms with Gasteiger partial charge >= 0.3 is 0 Å². The summed E-state index contributed by atoms with van der Waals surface area (Å²) in [4.78, 5) is 21.6. The molecule has 4 unspecified atom stereocenters. The van der Waals surface area contributed by atoms with Crippen LogP contribution < -0.4 is 22.0 Å². The van der Waals surface area contributed by atoms with Crippen molar-refractivity contribution >= 4 is 29.6 Å². The summed E-state index contributed by atoms with van der Waals surface area (Å²) >= 11 is 0. The van der Waals surface area contributed by atoms with E-state index < -0.39 is 0 Å². The number of hydrogen-bond donors (Lipinski definition) is 6. The molecule has 70 heavy (non-hydrogen) atoms. The predicted octanol–water partition coefficient (Wildman–Crippen LogP) is 12.8. The van der Waals surface area contributed by atoms with E-state index in [0.717, 1.165) is 95.4 Å². The molecule has 7 N–H and O–H groups in total. The maximum Gasteiger partial charge on any atom is 0.133 e. The van der Waals surface area contributed by atoms with E-state index in [1.165, 1.54) is 62.6 Å². The lowest BCUT2D eigenvalue weighted by Gasteiger charge is -2.31. The Morgan fingerprint density at radius 3 is 2.37 bits per heavy atom. The third-order valence-corrected chi connectivity index (χ3v) is 14.1. The summed E-state index contributed by atoms with van der Waals surface area (Å²) < 4.78 is 18.7. The molecule has 2 saturated heterocycles. The topological polar surface area (TPSA) is 149 Å². The molecule has 11 nitrogen and oxygen atoms in total. The largest absolute Gasteiger partial charge is 0.397 e. The smallest absolute Gasteiger partial charge is 0.133 e. The second kappa shape index (κ2) is 28.2. The Hall–Kier alpha value is -4.98. The van der Waals surface area contributed by atoms with Crippen molar-refractivity contribution in [1.29, 1.82) is 0 Å². The second-order valence-corrected chi connectivity index (χ2v) is 20.1. The number of aldehydes is 1. The fraction of sp³-hybridized carbons (Fsp3) is 0.534. The van der Waals surface area contributed by atoms with Crippen LogP contribution in [0.3, 0.4) is 0 Å². The second-order valence-electron chi connectivity index (χ2n) is 20.1. The molecule has 4 atom stereocenters. The number of imidazole rings is 1. The van der Waals surface area contributed by atoms with E-state index >= 15 is 4.39 Å². The molecule has 12 heteroatoms. The first-order chi connectivity index (χ1) is 33.8. The zero-order valence-corrected chi connectivity index (χ0v) is 44.0. The molecule has 3 aliphatic heterocycles. The van der Waals surface area contributed by atoms with Crippen LogP contribution in [-0.4, -0.2) is 69.5 Å². The van der Waals surface area contributed by atoms with Crippen LogP contribution in [0.5, 0.6) is 0 Å². The maximum absolute atomic E-state index is 16.4. The molecule has 1 saturated carbocycles. The number of H-pyrrole nitrogens is 1. The lowest BCUT2D eigenvalue weighted by atomic mass is 9.83. The molecular weight excluding hydrogens is 874 g/mol. The molecule has 3 fully saturated rings. The van der Waals surface area contributed by atoms with Gasteiger partial charge in [0.1, 0.15) is 17.9 Å². The number of carbonyl (C=O) groups is 1. The summed E-state index contributed by atoms with van der Waals surface area (Å²) in [6.45, 7) is 25.3. The highest BCUT2D eigenvalue weighted by Crippen LogP contribution is 2.45. The van der Waals surface area contributed by atoms with Gasteiger partial charge in [0.15, 0.2) is 0 Å². The van der Waals surface area contributed by atoms with Crippen molar-refractivity contribution in [3.8, 4) is 22.5 Å². The quantitative estimate of drug-likeness (QED) is 0.0388. The van der Waals surface area contributed by atoms with E-state index in [1.807, 2.05) is 60.7 Å². The maximum atomic E-state index is 16.4. The number of aliphatic imine (C=N–C) groups is 1. The molecular formula is C58H86FN9O2. The van der Waals surface area contributed by atoms with Gasteiger partial charge in [0.2, 0.25) is 0 Å². The van der Waals surface area contributed by atoms with E-state index in [0.29, 0.717) is 35.9 Å². The zero-order valence-electron chi connectivity index (χ0n) is 44.0. The third kappa shape index (κ3) is 15.0. The highest BCUT2D eigenvalue weighted by Gasteiger charge is 2.31. The summed E-state index contributed by atoms with van der Waals surface area (Å²) in [5, 5.41) is 15.1. The molecule has 4 aliphatic rings. The number of hydroxylamine groups is 1. The van der Waals surface area contributed by atoms with E-state index in [9.17, 15) is 4.79 Å². The minimum atomic E-state index is -0.216. The molecule has 0 amide bonds. The van der Waals surface area contributed by atoms with Crippen LogP contribution in [0.1, 0.15) is 167 Å². The van der Waals surface area contributed by atoms with Crippen LogP contribution in [0.4, 0.5) is 4.39 Å². The Morgan fingerprint density at radius 2 is 1.77 bits per heavy atom. The number of nitrogens with one attached hydrogen (secondary N) is 4. The summed E-state index contributed by atoms with van der Waals surface area (Å²) in [5.74, 6) is 2.50. The van der Waals surface area contributed by atoms with Crippen LogP contribution in [0.2, 0.25) is 0 Å². The van der Waals surface area contributed by atoms with Crippen LogP contribution in [-0.2, 0) is 17.6 Å². The summed E-state index contributed by atoms with van der Waals surface area (Å²) in [5.41, 5.74) is 21.2. The number of benzene rings is 3. The number of nitrogens with two attached hydrogens (primary N) is 1. The van der Waals surface area contributed by atoms with Crippen LogP contribution in [0, 0.1) is 23.6 Å². The minimum absolute atomic E-state index is 0.0227. The van der Waals surface area contributed by atoms with Gasteiger partial charge in [-0.3, -0.25) is 10.4 Å². The number of hydrazine groups is 1. The zero-order chi connectivity index (χ0) is 50.7. The number of nitrogens with zero attached hydrogens (tertiary/aromatic N) is 4. The Kier molecular flexibility index (Phi) is 22.5. The number of aromatic nitrogens is 3. The Labute approximate surface area is 419 Å². The van der Waals surface area contributed by atoms with Gasteiger partial charge in [-0.25, -0.2) is 19.9 Å². The van der Waals surface area contributed by atoms with Crippen LogP contribution >= 0.6 is 0 Å². The fourth-order valence-electron chi connectivity index (χ4n) is 9.89. The van der Waals surface area contributed by atoms with Gasteiger partial charge in [-0.15, -0.1) is 0 Å². The Bertz CT molecular complexity index is 2410. The molecule has 0 bridgehead atoms. The van der Waals surface area contributed by atoms with E-state index in [4.69, 9.17) is 10.9 Å². The molecule has 5 heterocycles. The first-order valence-electron chi connectivity index (χ1n) is 26.5. The van der Waals surface area contributed by atoms with Gasteiger partial charge in [-0.1, -0.05) is 111 Å². The van der Waals surface area contributed by atoms with Crippen molar-refractivity contribution in [2.24, 2.45) is 28.5 Å². The Morgan fingerprint density at radius 1 is 1.00 bits per heavy atom. The summed E-state index contributed by atoms with van der Waals surface area (Å²) in [6.07, 6.45) is 18.5. The normalized spacial score (nSPS) is 19.4. The highest BCUT2D eigenvalue weighted by atomic mass is 19.1. The molecule has 0 radical (unpaired) electrons. The molecule has 5 aromatic rings. The van der Waals surface area contributed by atoms with Crippen LogP contribution in [0.25, 0.3) is 39.1 Å². The molecule has 1 aliphatic carbocycles. The van der Waals surface area contributed by atoms with Crippen molar-refractivity contribution in [3.63, 3.8) is 0 Å². The first kappa shape index (κ1) is 55.9. The fourth-order valence-corrected chi connectivity index (χ4v) is 9.89. The van der Waals surface area contributed by atoms with Gasteiger partial charge in [0.05, 0.1) is 35.4 Å². The number of carbonyl (C=O) groups excluding carboxylic acids is 1. The first-order valence-corrected chi connectivity index (χ1v) is 26.5. The van der Waals surface area contributed by atoms with Gasteiger partial charge in [0, 0.05) is 59.8 Å². The number of hydrogen-bond acceptors (Lipinski definition) is 9. The number of rotatable bonds is 13. The number of halogens is 1. The summed E-state index contributed by atoms with van der Waals surface area (Å²) in [7, 11) is 0. The summed E-state index contributed by atoms with van der Waals surface area (Å²) in [6, 6.07) is 22.5. The van der Waals surface area contributed by atoms with E-state index in [-0.39, 0.29) is 23.9 Å². The van der Waals surface area contributed by atoms with Gasteiger partial charge in [0.25, 0.3) is 0 Å². The lowest BCUT2D eigenvalue weighted by molar-refractivity contribution is -0.108. The van der Waals surface area contributed by atoms with Crippen molar-refractivity contribution in [1.82, 2.24) is 35.8 Å². The van der Waals surface area contributed by atoms with E-state index in [1.54, 1.807) is 12.3 Å². The van der Waals surface area contributed by atoms with Crippen molar-refractivity contribution in [2.45, 2.75) is 164 Å². The standard InChI is InChI=1S/C39H41FN6.C7H16N2.C5H13NO.C5H10O.C2H6/c1-42-22-32(41)26-12-13-35-29(17-26)20-37-38-30(18-28(19-31(38)40)34-23-44-39(45-34)33-11-6-14-43-33)21-36(46(35)37)27-10-5-9-25(16-27)15-24-7-3-2-4-8-24;1-3-8-9-6-4-5-7(9)2;1-4(2)5(3)6-7;1-5(2)3-4-6;1-2/h5,9-10,12-13,16-20,22-24,33,36,43H,1-4,6-8,11,14-15,21,41H2,(H,44,45);7-8H,3-6H2,1-2H3;4-7H,1-3H3;4-5H,3H2,1-2H3;1-2H3/b32-22-;;;;. The van der Waals surface area contributed by atoms with Crippen molar-refractivity contribution < 1.29 is 14.4 Å². The molecule has 3 aromatic carbocycles. The molecule has 382 valence electrons. The number of aromatic amines is 1.